The molecule has 2 rings (SSSR count). The van der Waals surface area contributed by atoms with E-state index in [1.807, 2.05) is 13.8 Å². The standard InChI is InChI=1S/C18H35N5O.HI/c1-14(2)17(24)20-10-11-21-18(19-3)22-15-8-12-23(13-9-15)16-6-4-5-7-16;/h14-16H,4-13H2,1-3H3,(H,20,24)(H2,19,21,22);1H. The summed E-state index contributed by atoms with van der Waals surface area (Å²) in [4.78, 5) is 18.5. The predicted molar refractivity (Wildman–Crippen MR) is 115 cm³/mol. The van der Waals surface area contributed by atoms with E-state index in [2.05, 4.69) is 25.8 Å². The number of rotatable bonds is 6. The predicted octanol–water partition coefficient (Wildman–Crippen LogP) is 1.95. The molecule has 146 valence electrons. The van der Waals surface area contributed by atoms with Crippen LogP contribution in [0, 0.1) is 5.92 Å². The summed E-state index contributed by atoms with van der Waals surface area (Å²) in [5.41, 5.74) is 0. The van der Waals surface area contributed by atoms with Gasteiger partial charge in [0, 0.05) is 51.2 Å². The molecule has 1 heterocycles. The average Bonchev–Trinajstić information content (AvgIpc) is 3.12. The summed E-state index contributed by atoms with van der Waals surface area (Å²) in [7, 11) is 1.80. The fourth-order valence-corrected chi connectivity index (χ4v) is 3.64. The zero-order valence-electron chi connectivity index (χ0n) is 16.0. The molecule has 6 nitrogen and oxygen atoms in total. The van der Waals surface area contributed by atoms with Crippen molar-refractivity contribution in [3.8, 4) is 0 Å². The van der Waals surface area contributed by atoms with Crippen molar-refractivity contribution >= 4 is 35.8 Å². The van der Waals surface area contributed by atoms with Crippen molar-refractivity contribution in [1.82, 2.24) is 20.9 Å². The van der Waals surface area contributed by atoms with Gasteiger partial charge in [0.05, 0.1) is 0 Å². The van der Waals surface area contributed by atoms with Crippen molar-refractivity contribution in [1.29, 1.82) is 0 Å². The Kier molecular flexibility index (Phi) is 10.7. The third-order valence-electron chi connectivity index (χ3n) is 5.18. The van der Waals surface area contributed by atoms with Gasteiger partial charge in [-0.2, -0.15) is 0 Å². The first kappa shape index (κ1) is 22.5. The lowest BCUT2D eigenvalue weighted by molar-refractivity contribution is -0.123. The molecule has 1 aliphatic carbocycles. The number of likely N-dealkylation sites (tertiary alicyclic amines) is 1. The van der Waals surface area contributed by atoms with Crippen molar-refractivity contribution in [3.05, 3.63) is 0 Å². The third kappa shape index (κ3) is 7.68. The Labute approximate surface area is 170 Å². The van der Waals surface area contributed by atoms with Crippen LogP contribution >= 0.6 is 24.0 Å². The molecule has 0 spiro atoms. The summed E-state index contributed by atoms with van der Waals surface area (Å²) >= 11 is 0. The van der Waals surface area contributed by atoms with Gasteiger partial charge in [-0.15, -0.1) is 24.0 Å². The van der Waals surface area contributed by atoms with Crippen LogP contribution in [0.4, 0.5) is 0 Å². The zero-order valence-corrected chi connectivity index (χ0v) is 18.3. The molecule has 25 heavy (non-hydrogen) atoms. The molecule has 0 unspecified atom stereocenters. The SMILES string of the molecule is CN=C(NCCNC(=O)C(C)C)NC1CCN(C2CCCC2)CC1.I. The highest BCUT2D eigenvalue weighted by atomic mass is 127. The molecular formula is C18H36IN5O. The fraction of sp³-hybridized carbons (Fsp3) is 0.889. The lowest BCUT2D eigenvalue weighted by Gasteiger charge is -2.36. The van der Waals surface area contributed by atoms with Crippen LogP contribution in [-0.2, 0) is 4.79 Å². The molecular weight excluding hydrogens is 429 g/mol. The maximum absolute atomic E-state index is 11.5. The van der Waals surface area contributed by atoms with E-state index < -0.39 is 0 Å². The minimum Gasteiger partial charge on any atom is -0.355 e. The Hall–Kier alpha value is -0.570. The van der Waals surface area contributed by atoms with Crippen molar-refractivity contribution in [2.45, 2.75) is 64.5 Å². The van der Waals surface area contributed by atoms with Crippen LogP contribution in [-0.4, -0.2) is 62.1 Å². The third-order valence-corrected chi connectivity index (χ3v) is 5.18. The monoisotopic (exact) mass is 465 g/mol. The van der Waals surface area contributed by atoms with E-state index in [0.29, 0.717) is 19.1 Å². The number of hydrogen-bond donors (Lipinski definition) is 3. The summed E-state index contributed by atoms with van der Waals surface area (Å²) in [6.45, 7) is 7.52. The average molecular weight is 465 g/mol. The molecule has 0 atom stereocenters. The molecule has 2 fully saturated rings. The summed E-state index contributed by atoms with van der Waals surface area (Å²) in [6.07, 6.45) is 7.97. The number of nitrogens with one attached hydrogen (secondary N) is 3. The minimum atomic E-state index is 0. The van der Waals surface area contributed by atoms with E-state index in [0.717, 1.165) is 12.0 Å². The van der Waals surface area contributed by atoms with Crippen LogP contribution < -0.4 is 16.0 Å². The summed E-state index contributed by atoms with van der Waals surface area (Å²) in [5.74, 6) is 0.972. The molecule has 0 radical (unpaired) electrons. The molecule has 0 aromatic rings. The molecule has 0 bridgehead atoms. The van der Waals surface area contributed by atoms with E-state index in [-0.39, 0.29) is 35.8 Å². The number of guanidine groups is 1. The van der Waals surface area contributed by atoms with E-state index in [1.54, 1.807) is 7.05 Å². The van der Waals surface area contributed by atoms with Gasteiger partial charge in [0.25, 0.3) is 0 Å². The quantitative estimate of drug-likeness (QED) is 0.243. The molecule has 1 amide bonds. The maximum Gasteiger partial charge on any atom is 0.222 e. The molecule has 7 heteroatoms. The first-order valence-corrected chi connectivity index (χ1v) is 9.59. The number of amides is 1. The van der Waals surface area contributed by atoms with Gasteiger partial charge in [0.1, 0.15) is 0 Å². The highest BCUT2D eigenvalue weighted by Gasteiger charge is 2.27. The lowest BCUT2D eigenvalue weighted by Crippen LogP contribution is -2.51. The van der Waals surface area contributed by atoms with Gasteiger partial charge in [-0.05, 0) is 25.7 Å². The smallest absolute Gasteiger partial charge is 0.222 e. The second-order valence-electron chi connectivity index (χ2n) is 7.34. The first-order chi connectivity index (χ1) is 11.6. The summed E-state index contributed by atoms with van der Waals surface area (Å²) in [6, 6.07) is 1.34. The number of nitrogens with zero attached hydrogens (tertiary/aromatic N) is 2. The van der Waals surface area contributed by atoms with E-state index in [9.17, 15) is 4.79 Å². The summed E-state index contributed by atoms with van der Waals surface area (Å²) < 4.78 is 0. The second-order valence-corrected chi connectivity index (χ2v) is 7.34. The van der Waals surface area contributed by atoms with Crippen LogP contribution in [0.25, 0.3) is 0 Å². The lowest BCUT2D eigenvalue weighted by atomic mass is 10.0. The van der Waals surface area contributed by atoms with Gasteiger partial charge in [-0.1, -0.05) is 26.7 Å². The van der Waals surface area contributed by atoms with Gasteiger partial charge in [0.15, 0.2) is 5.96 Å². The van der Waals surface area contributed by atoms with Crippen molar-refractivity contribution in [2.24, 2.45) is 10.9 Å². The topological polar surface area (TPSA) is 68.8 Å². The van der Waals surface area contributed by atoms with Gasteiger partial charge < -0.3 is 20.9 Å². The number of aliphatic imine (C=N–C) groups is 1. The van der Waals surface area contributed by atoms with Gasteiger partial charge in [0.2, 0.25) is 5.91 Å². The van der Waals surface area contributed by atoms with E-state index in [4.69, 9.17) is 0 Å². The van der Waals surface area contributed by atoms with Crippen LogP contribution in [0.3, 0.4) is 0 Å². The van der Waals surface area contributed by atoms with E-state index in [1.165, 1.54) is 51.6 Å². The van der Waals surface area contributed by atoms with Gasteiger partial charge in [-0.3, -0.25) is 9.79 Å². The van der Waals surface area contributed by atoms with Gasteiger partial charge >= 0.3 is 0 Å². The number of hydrogen-bond acceptors (Lipinski definition) is 3. The van der Waals surface area contributed by atoms with Crippen LogP contribution in [0.5, 0.6) is 0 Å². The van der Waals surface area contributed by atoms with Gasteiger partial charge in [-0.25, -0.2) is 0 Å². The maximum atomic E-state index is 11.5. The van der Waals surface area contributed by atoms with Crippen molar-refractivity contribution < 1.29 is 4.79 Å². The number of piperidine rings is 1. The van der Waals surface area contributed by atoms with Crippen LogP contribution in [0.1, 0.15) is 52.4 Å². The highest BCUT2D eigenvalue weighted by Crippen LogP contribution is 2.26. The summed E-state index contributed by atoms with van der Waals surface area (Å²) in [5, 5.41) is 9.73. The Morgan fingerprint density at radius 3 is 2.24 bits per heavy atom. The highest BCUT2D eigenvalue weighted by molar-refractivity contribution is 14.0. The largest absolute Gasteiger partial charge is 0.355 e. The Morgan fingerprint density at radius 1 is 1.08 bits per heavy atom. The Balaban J connectivity index is 0.00000312. The van der Waals surface area contributed by atoms with Crippen molar-refractivity contribution in [3.63, 3.8) is 0 Å². The molecule has 1 aliphatic heterocycles. The van der Waals surface area contributed by atoms with Crippen LogP contribution in [0.2, 0.25) is 0 Å². The zero-order chi connectivity index (χ0) is 17.4. The first-order valence-electron chi connectivity index (χ1n) is 9.59. The molecule has 0 aromatic heterocycles. The van der Waals surface area contributed by atoms with E-state index >= 15 is 0 Å². The van der Waals surface area contributed by atoms with Crippen molar-refractivity contribution in [2.75, 3.05) is 33.2 Å². The second kappa shape index (κ2) is 11.9. The number of halogens is 1. The Morgan fingerprint density at radius 2 is 1.68 bits per heavy atom. The molecule has 0 aromatic carbocycles. The minimum absolute atomic E-state index is 0. The normalized spacial score (nSPS) is 20.4. The molecule has 3 N–H and O–H groups in total. The number of carbonyl (C=O) groups is 1. The number of carbonyl (C=O) groups excluding carboxylic acids is 1. The molecule has 1 saturated heterocycles. The fourth-order valence-electron chi connectivity index (χ4n) is 3.64. The van der Waals surface area contributed by atoms with Crippen LogP contribution in [0.15, 0.2) is 4.99 Å². The molecule has 1 saturated carbocycles. The molecule has 2 aliphatic rings. The Bertz CT molecular complexity index is 416.